The quantitative estimate of drug-likeness (QED) is 0.182. The molecule has 10 aromatic rings. The molecule has 5 heterocycles. The molecule has 0 radical (unpaired) electrons. The lowest BCUT2D eigenvalue weighted by molar-refractivity contribution is 1.22. The lowest BCUT2D eigenvalue weighted by atomic mass is 10.2. The van der Waals surface area contributed by atoms with Gasteiger partial charge in [-0.3, -0.25) is 0 Å². The van der Waals surface area contributed by atoms with Gasteiger partial charge in [0.2, 0.25) is 0 Å². The maximum absolute atomic E-state index is 4.76. The van der Waals surface area contributed by atoms with E-state index in [9.17, 15) is 0 Å². The van der Waals surface area contributed by atoms with E-state index in [1.165, 1.54) is 10.6 Å². The second-order valence-corrected chi connectivity index (χ2v) is 17.7. The van der Waals surface area contributed by atoms with Gasteiger partial charge in [-0.2, -0.15) is 0 Å². The highest BCUT2D eigenvalue weighted by molar-refractivity contribution is 7.81. The molecule has 2 unspecified atom stereocenters. The van der Waals surface area contributed by atoms with Crippen molar-refractivity contribution in [2.24, 2.45) is 0 Å². The molecular formula is C44H28N10P2. The Morgan fingerprint density at radius 3 is 1.05 bits per heavy atom. The predicted octanol–water partition coefficient (Wildman–Crippen LogP) is 6.78. The number of hydrogen-bond acceptors (Lipinski definition) is 10. The lowest BCUT2D eigenvalue weighted by Gasteiger charge is -2.30. The van der Waals surface area contributed by atoms with Crippen molar-refractivity contribution in [2.45, 2.75) is 0 Å². The van der Waals surface area contributed by atoms with Crippen molar-refractivity contribution >= 4 is 114 Å². The first-order valence-corrected chi connectivity index (χ1v) is 20.6. The molecule has 10 nitrogen and oxygen atoms in total. The van der Waals surface area contributed by atoms with E-state index in [1.807, 2.05) is 24.8 Å². The Balaban J connectivity index is 1.31. The van der Waals surface area contributed by atoms with Gasteiger partial charge in [0, 0.05) is 90.3 Å². The highest BCUT2D eigenvalue weighted by Crippen LogP contribution is 2.46. The average molecular weight is 759 g/mol. The number of hydrogen-bond donors (Lipinski definition) is 2. The van der Waals surface area contributed by atoms with Crippen molar-refractivity contribution in [2.75, 3.05) is 10.6 Å². The molecule has 0 saturated carbocycles. The van der Waals surface area contributed by atoms with Gasteiger partial charge in [0.05, 0.1) is 22.1 Å². The fourth-order valence-corrected chi connectivity index (χ4v) is 12.5. The zero-order valence-electron chi connectivity index (χ0n) is 29.5. The molecule has 0 fully saturated rings. The van der Waals surface area contributed by atoms with Crippen LogP contribution in [-0.2, 0) is 0 Å². The Morgan fingerprint density at radius 2 is 0.661 bits per heavy atom. The summed E-state index contributed by atoms with van der Waals surface area (Å²) >= 11 is 0. The molecule has 56 heavy (non-hydrogen) atoms. The van der Waals surface area contributed by atoms with E-state index >= 15 is 0 Å². The van der Waals surface area contributed by atoms with E-state index in [0.717, 1.165) is 87.6 Å². The van der Waals surface area contributed by atoms with E-state index < -0.39 is 15.8 Å². The Labute approximate surface area is 322 Å². The predicted molar refractivity (Wildman–Crippen MR) is 229 cm³/mol. The second kappa shape index (κ2) is 13.5. The summed E-state index contributed by atoms with van der Waals surface area (Å²) in [6.07, 6.45) is 14.0. The number of aromatic nitrogens is 8. The van der Waals surface area contributed by atoms with Gasteiger partial charge in [-0.1, -0.05) is 60.7 Å². The van der Waals surface area contributed by atoms with Crippen LogP contribution >= 0.6 is 15.8 Å². The molecule has 12 heteroatoms. The van der Waals surface area contributed by atoms with Crippen LogP contribution in [0.5, 0.6) is 0 Å². The standard InChI is InChI=1S/C44H28N10P2/c1-3-7-31(8-4-1)55-41-13-29-21-47-23-49-33(29)15-39(41)54-40-16-34-30(22-48-24-50-34)14-42(40)56(32-9-5-2-6-10-32)44-18-36-28(20-46-26-52-36)12-38(44)53-37-11-27-19-45-25-51-35(27)17-43(37)55/h1-26,53-54H. The summed E-state index contributed by atoms with van der Waals surface area (Å²) < 4.78 is 0. The maximum atomic E-state index is 4.76. The van der Waals surface area contributed by atoms with Gasteiger partial charge in [0.1, 0.15) is 25.3 Å². The molecule has 2 atom stereocenters. The number of rotatable bonds is 2. The number of fused-ring (bicyclic) bond motifs is 8. The second-order valence-electron chi connectivity index (χ2n) is 13.4. The Morgan fingerprint density at radius 1 is 0.339 bits per heavy atom. The average Bonchev–Trinajstić information content (AvgIpc) is 3.25. The van der Waals surface area contributed by atoms with Crippen LogP contribution in [-0.4, -0.2) is 39.9 Å². The molecule has 0 aliphatic carbocycles. The van der Waals surface area contributed by atoms with Gasteiger partial charge in [-0.05, 0) is 75.0 Å². The summed E-state index contributed by atoms with van der Waals surface area (Å²) in [4.78, 5) is 36.7. The van der Waals surface area contributed by atoms with Crippen molar-refractivity contribution in [1.82, 2.24) is 39.9 Å². The summed E-state index contributed by atoms with van der Waals surface area (Å²) in [5, 5.41) is 18.7. The molecule has 2 N–H and O–H groups in total. The Hall–Kier alpha value is -6.86. The number of anilines is 4. The first-order valence-electron chi connectivity index (χ1n) is 17.9. The van der Waals surface area contributed by atoms with Crippen molar-refractivity contribution in [3.8, 4) is 0 Å². The Kier molecular flexibility index (Phi) is 7.83. The minimum absolute atomic E-state index is 0.845. The fourth-order valence-electron chi connectivity index (χ4n) is 7.47. The minimum atomic E-state index is -1.23. The van der Waals surface area contributed by atoms with Gasteiger partial charge < -0.3 is 10.6 Å². The van der Waals surface area contributed by atoms with Gasteiger partial charge in [-0.15, -0.1) is 0 Å². The molecule has 11 rings (SSSR count). The third-order valence-electron chi connectivity index (χ3n) is 10.0. The van der Waals surface area contributed by atoms with Crippen LogP contribution in [0, 0.1) is 0 Å². The van der Waals surface area contributed by atoms with Crippen molar-refractivity contribution in [3.05, 3.63) is 159 Å². The molecule has 1 aliphatic heterocycles. The normalized spacial score (nSPS) is 15.1. The summed E-state index contributed by atoms with van der Waals surface area (Å²) in [5.74, 6) is 0. The number of benzene rings is 6. The summed E-state index contributed by atoms with van der Waals surface area (Å²) in [6.45, 7) is 0. The van der Waals surface area contributed by atoms with Crippen LogP contribution in [0.25, 0.3) is 43.6 Å². The van der Waals surface area contributed by atoms with E-state index in [2.05, 4.69) is 140 Å². The first-order chi connectivity index (χ1) is 27.7. The molecule has 0 saturated heterocycles. The highest BCUT2D eigenvalue weighted by Gasteiger charge is 2.30. The van der Waals surface area contributed by atoms with Gasteiger partial charge in [0.25, 0.3) is 0 Å². The van der Waals surface area contributed by atoms with Gasteiger partial charge in [-0.25, -0.2) is 39.9 Å². The van der Waals surface area contributed by atoms with Crippen LogP contribution in [0.4, 0.5) is 22.7 Å². The molecule has 0 bridgehead atoms. The molecule has 4 aromatic heterocycles. The molecule has 0 spiro atoms. The summed E-state index contributed by atoms with van der Waals surface area (Å²) in [6, 6.07) is 39.0. The third-order valence-corrected chi connectivity index (χ3v) is 15.1. The number of nitrogens with one attached hydrogen (secondary N) is 2. The summed E-state index contributed by atoms with van der Waals surface area (Å²) in [5.41, 5.74) is 7.25. The van der Waals surface area contributed by atoms with Crippen LogP contribution < -0.4 is 42.5 Å². The van der Waals surface area contributed by atoms with Crippen molar-refractivity contribution in [3.63, 3.8) is 0 Å². The van der Waals surface area contributed by atoms with Crippen LogP contribution in [0.15, 0.2) is 159 Å². The zero-order chi connectivity index (χ0) is 37.0. The van der Waals surface area contributed by atoms with Crippen molar-refractivity contribution in [1.29, 1.82) is 0 Å². The van der Waals surface area contributed by atoms with Crippen LogP contribution in [0.3, 0.4) is 0 Å². The monoisotopic (exact) mass is 758 g/mol. The van der Waals surface area contributed by atoms with E-state index in [1.54, 1.807) is 25.3 Å². The van der Waals surface area contributed by atoms with Gasteiger partial charge in [0.15, 0.2) is 0 Å². The van der Waals surface area contributed by atoms with E-state index in [-0.39, 0.29) is 0 Å². The van der Waals surface area contributed by atoms with Crippen LogP contribution in [0.2, 0.25) is 0 Å². The molecule has 1 aliphatic rings. The molecular weight excluding hydrogens is 731 g/mol. The summed E-state index contributed by atoms with van der Waals surface area (Å²) in [7, 11) is -2.45. The van der Waals surface area contributed by atoms with E-state index in [4.69, 9.17) is 19.9 Å². The zero-order valence-corrected chi connectivity index (χ0v) is 31.3. The topological polar surface area (TPSA) is 127 Å². The van der Waals surface area contributed by atoms with E-state index in [0.29, 0.717) is 0 Å². The molecule has 264 valence electrons. The Bertz CT molecular complexity index is 2750. The smallest absolute Gasteiger partial charge is 0.116 e. The van der Waals surface area contributed by atoms with Crippen LogP contribution in [0.1, 0.15) is 0 Å². The van der Waals surface area contributed by atoms with Gasteiger partial charge >= 0.3 is 0 Å². The molecule has 6 aromatic carbocycles. The maximum Gasteiger partial charge on any atom is 0.116 e. The lowest BCUT2D eigenvalue weighted by Crippen LogP contribution is -2.29. The largest absolute Gasteiger partial charge is 0.354 e. The third kappa shape index (κ3) is 5.66. The fraction of sp³-hybridized carbons (Fsp3) is 0. The van der Waals surface area contributed by atoms with Crippen molar-refractivity contribution < 1.29 is 0 Å². The first kappa shape index (κ1) is 32.6. The SMILES string of the molecule is c1ccc(P2c3cc4cncnc4cc3Nc3cc4ncncc4cc3P(c3ccccc3)c3cc4ncncc4cc3Nc3cc4cncnc4cc32)cc1. The minimum Gasteiger partial charge on any atom is -0.354 e. The molecule has 0 amide bonds. The number of nitrogens with zero attached hydrogens (tertiary/aromatic N) is 8. The highest BCUT2D eigenvalue weighted by atomic mass is 31.1.